The van der Waals surface area contributed by atoms with E-state index in [1.807, 2.05) is 18.4 Å². The maximum Gasteiger partial charge on any atom is 0.191 e. The molecule has 2 bridgehead atoms. The van der Waals surface area contributed by atoms with E-state index in [9.17, 15) is 0 Å². The van der Waals surface area contributed by atoms with Crippen molar-refractivity contribution in [2.75, 3.05) is 13.6 Å². The molecule has 3 aliphatic rings. The molecule has 3 atom stereocenters. The Balaban J connectivity index is 0.00000182. The van der Waals surface area contributed by atoms with E-state index in [1.165, 1.54) is 49.8 Å². The summed E-state index contributed by atoms with van der Waals surface area (Å²) in [6.45, 7) is 0.981. The zero-order valence-corrected chi connectivity index (χ0v) is 18.1. The molecule has 25 heavy (non-hydrogen) atoms. The largest absolute Gasteiger partial charge is 0.373 e. The fourth-order valence-electron chi connectivity index (χ4n) is 4.73. The average molecular weight is 475 g/mol. The quantitative estimate of drug-likeness (QED) is 0.393. The number of halogens is 1. The van der Waals surface area contributed by atoms with Crippen LogP contribution < -0.4 is 10.6 Å². The topological polar surface area (TPSA) is 45.7 Å². The summed E-state index contributed by atoms with van der Waals surface area (Å²) in [6.07, 6.45) is 11.0. The van der Waals surface area contributed by atoms with Crippen LogP contribution in [0.25, 0.3) is 0 Å². The molecule has 6 heteroatoms. The SMILES string of the molecule is CN=C(NCC1(c2cccs2)CCCCC1)NC1CC2CCC1O2.I. The molecule has 0 radical (unpaired) electrons. The van der Waals surface area contributed by atoms with Crippen molar-refractivity contribution in [2.24, 2.45) is 4.99 Å². The predicted molar refractivity (Wildman–Crippen MR) is 115 cm³/mol. The number of thiophene rings is 1. The second-order valence-electron chi connectivity index (χ2n) is 7.60. The molecule has 0 aromatic carbocycles. The van der Waals surface area contributed by atoms with Crippen LogP contribution in [0.1, 0.15) is 56.2 Å². The van der Waals surface area contributed by atoms with Crippen LogP contribution in [0.4, 0.5) is 0 Å². The molecule has 2 saturated heterocycles. The van der Waals surface area contributed by atoms with Gasteiger partial charge in [0.2, 0.25) is 0 Å². The summed E-state index contributed by atoms with van der Waals surface area (Å²) in [4.78, 5) is 6.01. The minimum atomic E-state index is 0. The Morgan fingerprint density at radius 3 is 2.76 bits per heavy atom. The van der Waals surface area contributed by atoms with Gasteiger partial charge >= 0.3 is 0 Å². The summed E-state index contributed by atoms with van der Waals surface area (Å²) in [6, 6.07) is 4.94. The second kappa shape index (κ2) is 8.57. The van der Waals surface area contributed by atoms with Crippen LogP contribution in [0.15, 0.2) is 22.5 Å². The number of aliphatic imine (C=N–C) groups is 1. The lowest BCUT2D eigenvalue weighted by molar-refractivity contribution is 0.0992. The maximum atomic E-state index is 5.96. The molecule has 140 valence electrons. The Kier molecular flexibility index (Phi) is 6.65. The smallest absolute Gasteiger partial charge is 0.191 e. The highest BCUT2D eigenvalue weighted by atomic mass is 127. The van der Waals surface area contributed by atoms with Gasteiger partial charge in [0.15, 0.2) is 5.96 Å². The first kappa shape index (κ1) is 19.4. The number of rotatable bonds is 4. The molecule has 1 aliphatic carbocycles. The number of nitrogens with one attached hydrogen (secondary N) is 2. The summed E-state index contributed by atoms with van der Waals surface area (Å²) in [5, 5.41) is 9.47. The molecule has 2 aliphatic heterocycles. The minimum Gasteiger partial charge on any atom is -0.373 e. The van der Waals surface area contributed by atoms with Crippen LogP contribution in [0, 0.1) is 0 Å². The molecule has 3 heterocycles. The molecule has 3 unspecified atom stereocenters. The predicted octanol–water partition coefficient (Wildman–Crippen LogP) is 4.05. The highest BCUT2D eigenvalue weighted by Crippen LogP contribution is 2.41. The van der Waals surface area contributed by atoms with E-state index in [2.05, 4.69) is 33.1 Å². The van der Waals surface area contributed by atoms with E-state index in [1.54, 1.807) is 0 Å². The van der Waals surface area contributed by atoms with Crippen molar-refractivity contribution >= 4 is 41.3 Å². The van der Waals surface area contributed by atoms with Crippen LogP contribution >= 0.6 is 35.3 Å². The molecule has 4 rings (SSSR count). The van der Waals surface area contributed by atoms with Gasteiger partial charge in [-0.2, -0.15) is 0 Å². The summed E-state index contributed by atoms with van der Waals surface area (Å²) < 4.78 is 5.96. The van der Waals surface area contributed by atoms with Crippen LogP contribution in [0.2, 0.25) is 0 Å². The van der Waals surface area contributed by atoms with Crippen LogP contribution in [-0.2, 0) is 10.2 Å². The Labute approximate surface area is 172 Å². The number of hydrogen-bond donors (Lipinski definition) is 2. The summed E-state index contributed by atoms with van der Waals surface area (Å²) in [5.41, 5.74) is 0.287. The maximum absolute atomic E-state index is 5.96. The molecule has 1 saturated carbocycles. The van der Waals surface area contributed by atoms with Gasteiger partial charge in [0.1, 0.15) is 0 Å². The second-order valence-corrected chi connectivity index (χ2v) is 8.55. The average Bonchev–Trinajstić information content (AvgIpc) is 3.37. The van der Waals surface area contributed by atoms with Crippen molar-refractivity contribution in [3.05, 3.63) is 22.4 Å². The van der Waals surface area contributed by atoms with Gasteiger partial charge in [-0.25, -0.2) is 0 Å². The first-order chi connectivity index (χ1) is 11.8. The normalized spacial score (nSPS) is 30.8. The van der Waals surface area contributed by atoms with Crippen molar-refractivity contribution < 1.29 is 4.74 Å². The van der Waals surface area contributed by atoms with Crippen LogP contribution in [0.5, 0.6) is 0 Å². The van der Waals surface area contributed by atoms with Gasteiger partial charge in [0.05, 0.1) is 18.2 Å². The number of hydrogen-bond acceptors (Lipinski definition) is 3. The van der Waals surface area contributed by atoms with E-state index >= 15 is 0 Å². The molecule has 2 N–H and O–H groups in total. The third-order valence-electron chi connectivity index (χ3n) is 6.10. The summed E-state index contributed by atoms with van der Waals surface area (Å²) in [5.74, 6) is 0.942. The van der Waals surface area contributed by atoms with Gasteiger partial charge in [-0.15, -0.1) is 35.3 Å². The Morgan fingerprint density at radius 2 is 2.16 bits per heavy atom. The molecule has 3 fully saturated rings. The standard InChI is InChI=1S/C19H29N3OS.HI/c1-20-18(22-15-12-14-7-8-16(15)23-14)21-13-19(9-3-2-4-10-19)17-6-5-11-24-17;/h5-6,11,14-16H,2-4,7-10,12-13H2,1H3,(H2,20,21,22);1H. The van der Waals surface area contributed by atoms with Crippen molar-refractivity contribution in [1.29, 1.82) is 0 Å². The van der Waals surface area contributed by atoms with Gasteiger partial charge in [0.25, 0.3) is 0 Å². The Hall–Kier alpha value is -0.340. The number of ether oxygens (including phenoxy) is 1. The van der Waals surface area contributed by atoms with Crippen molar-refractivity contribution in [2.45, 2.75) is 75.0 Å². The van der Waals surface area contributed by atoms with Crippen LogP contribution in [0.3, 0.4) is 0 Å². The Morgan fingerprint density at radius 1 is 1.32 bits per heavy atom. The van der Waals surface area contributed by atoms with Gasteiger partial charge in [0, 0.05) is 23.9 Å². The number of fused-ring (bicyclic) bond motifs is 2. The minimum absolute atomic E-state index is 0. The zero-order chi connectivity index (χ0) is 16.4. The first-order valence-electron chi connectivity index (χ1n) is 9.46. The van der Waals surface area contributed by atoms with E-state index in [4.69, 9.17) is 4.74 Å². The van der Waals surface area contributed by atoms with Gasteiger partial charge in [-0.05, 0) is 43.6 Å². The fraction of sp³-hybridized carbons (Fsp3) is 0.737. The lowest BCUT2D eigenvalue weighted by Gasteiger charge is -2.37. The summed E-state index contributed by atoms with van der Waals surface area (Å²) >= 11 is 1.91. The fourth-order valence-corrected chi connectivity index (χ4v) is 5.72. The van der Waals surface area contributed by atoms with Gasteiger partial charge < -0.3 is 15.4 Å². The van der Waals surface area contributed by atoms with Crippen molar-refractivity contribution in [3.63, 3.8) is 0 Å². The van der Waals surface area contributed by atoms with Crippen molar-refractivity contribution in [1.82, 2.24) is 10.6 Å². The lowest BCUT2D eigenvalue weighted by Crippen LogP contribution is -2.51. The monoisotopic (exact) mass is 475 g/mol. The first-order valence-corrected chi connectivity index (χ1v) is 10.3. The van der Waals surface area contributed by atoms with Crippen LogP contribution in [-0.4, -0.2) is 37.8 Å². The summed E-state index contributed by atoms with van der Waals surface area (Å²) in [7, 11) is 1.88. The van der Waals surface area contributed by atoms with E-state index in [-0.39, 0.29) is 29.4 Å². The van der Waals surface area contributed by atoms with E-state index in [0.29, 0.717) is 18.2 Å². The van der Waals surface area contributed by atoms with E-state index in [0.717, 1.165) is 18.9 Å². The molecular weight excluding hydrogens is 445 g/mol. The number of nitrogens with zero attached hydrogens (tertiary/aromatic N) is 1. The van der Waals surface area contributed by atoms with Gasteiger partial charge in [-0.3, -0.25) is 4.99 Å². The van der Waals surface area contributed by atoms with E-state index < -0.39 is 0 Å². The third-order valence-corrected chi connectivity index (χ3v) is 7.22. The molecule has 0 spiro atoms. The third kappa shape index (κ3) is 4.16. The lowest BCUT2D eigenvalue weighted by atomic mass is 9.73. The highest BCUT2D eigenvalue weighted by molar-refractivity contribution is 14.0. The molecule has 1 aromatic rings. The van der Waals surface area contributed by atoms with Crippen molar-refractivity contribution in [3.8, 4) is 0 Å². The number of guanidine groups is 1. The highest BCUT2D eigenvalue weighted by Gasteiger charge is 2.41. The zero-order valence-electron chi connectivity index (χ0n) is 15.0. The molecular formula is C19H30IN3OS. The molecule has 1 aromatic heterocycles. The molecule has 0 amide bonds. The van der Waals surface area contributed by atoms with Gasteiger partial charge in [-0.1, -0.05) is 25.3 Å². The Bertz CT molecular complexity index is 571. The molecule has 4 nitrogen and oxygen atoms in total.